The van der Waals surface area contributed by atoms with Crippen LogP contribution in [-0.2, 0) is 11.3 Å². The van der Waals surface area contributed by atoms with Crippen molar-refractivity contribution in [3.8, 4) is 0 Å². The molecule has 1 N–H and O–H groups in total. The van der Waals surface area contributed by atoms with Crippen molar-refractivity contribution < 1.29 is 23.1 Å². The molecule has 0 radical (unpaired) electrons. The van der Waals surface area contributed by atoms with Gasteiger partial charge in [-0.2, -0.15) is 28.4 Å². The Bertz CT molecular complexity index is 587. The van der Waals surface area contributed by atoms with Crippen molar-refractivity contribution in [2.24, 2.45) is 5.10 Å². The molecule has 0 saturated carbocycles. The van der Waals surface area contributed by atoms with Gasteiger partial charge in [-0.3, -0.25) is 9.48 Å². The molecule has 0 saturated heterocycles. The zero-order valence-corrected chi connectivity index (χ0v) is 12.5. The summed E-state index contributed by atoms with van der Waals surface area (Å²) in [6, 6.07) is 0. The van der Waals surface area contributed by atoms with Gasteiger partial charge in [-0.15, -0.1) is 0 Å². The molecule has 1 aliphatic rings. The first-order valence-electron chi connectivity index (χ1n) is 5.99. The van der Waals surface area contributed by atoms with E-state index in [1.54, 1.807) is 6.92 Å². The quantitative estimate of drug-likeness (QED) is 0.884. The third kappa shape index (κ3) is 2.82. The molecule has 1 aromatic rings. The van der Waals surface area contributed by atoms with Gasteiger partial charge in [0.15, 0.2) is 0 Å². The van der Waals surface area contributed by atoms with Gasteiger partial charge in [0.1, 0.15) is 0 Å². The van der Waals surface area contributed by atoms with Gasteiger partial charge in [-0.25, -0.2) is 0 Å². The molecular formula is C11H12BrF3N4O2. The highest BCUT2D eigenvalue weighted by Gasteiger charge is 2.61. The van der Waals surface area contributed by atoms with Crippen LogP contribution in [-0.4, -0.2) is 43.9 Å². The van der Waals surface area contributed by atoms with Crippen LogP contribution in [0.4, 0.5) is 13.2 Å². The van der Waals surface area contributed by atoms with Gasteiger partial charge in [0, 0.05) is 24.8 Å². The monoisotopic (exact) mass is 368 g/mol. The van der Waals surface area contributed by atoms with Crippen LogP contribution in [0.15, 0.2) is 15.8 Å². The maximum atomic E-state index is 12.8. The summed E-state index contributed by atoms with van der Waals surface area (Å²) in [5.74, 6) is -0.922. The second kappa shape index (κ2) is 5.41. The number of aryl methyl sites for hydroxylation is 1. The van der Waals surface area contributed by atoms with Gasteiger partial charge in [0.25, 0.3) is 5.72 Å². The number of hydrogen-bond donors (Lipinski definition) is 1. The highest BCUT2D eigenvalue weighted by atomic mass is 79.9. The van der Waals surface area contributed by atoms with E-state index in [-0.39, 0.29) is 18.0 Å². The van der Waals surface area contributed by atoms with E-state index in [1.165, 1.54) is 10.9 Å². The summed E-state index contributed by atoms with van der Waals surface area (Å²) in [4.78, 5) is 11.9. The number of hydrogen-bond acceptors (Lipinski definition) is 4. The molecule has 0 bridgehead atoms. The van der Waals surface area contributed by atoms with Crippen LogP contribution >= 0.6 is 15.9 Å². The number of alkyl halides is 3. The maximum Gasteiger partial charge on any atom is 0.438 e. The van der Waals surface area contributed by atoms with Crippen LogP contribution in [0.25, 0.3) is 0 Å². The molecule has 21 heavy (non-hydrogen) atoms. The van der Waals surface area contributed by atoms with Gasteiger partial charge in [-0.1, -0.05) is 0 Å². The van der Waals surface area contributed by atoms with Crippen molar-refractivity contribution in [3.05, 3.63) is 16.4 Å². The van der Waals surface area contributed by atoms with Crippen molar-refractivity contribution in [2.45, 2.75) is 38.2 Å². The van der Waals surface area contributed by atoms with Gasteiger partial charge in [0.05, 0.1) is 17.2 Å². The number of carbonyl (C=O) groups excluding carboxylic acids is 1. The molecule has 1 aromatic heterocycles. The molecule has 116 valence electrons. The Balaban J connectivity index is 2.07. The van der Waals surface area contributed by atoms with Crippen LogP contribution < -0.4 is 0 Å². The zero-order valence-electron chi connectivity index (χ0n) is 10.9. The fourth-order valence-corrected chi connectivity index (χ4v) is 2.19. The van der Waals surface area contributed by atoms with E-state index in [4.69, 9.17) is 0 Å². The number of aliphatic hydroxyl groups is 1. The molecule has 0 aliphatic carbocycles. The molecule has 1 atom stereocenters. The Kier molecular flexibility index (Phi) is 4.11. The van der Waals surface area contributed by atoms with Gasteiger partial charge in [-0.05, 0) is 22.9 Å². The van der Waals surface area contributed by atoms with Gasteiger partial charge in [0.2, 0.25) is 5.91 Å². The number of nitrogens with zero attached hydrogens (tertiary/aromatic N) is 4. The third-order valence-corrected chi connectivity index (χ3v) is 3.97. The van der Waals surface area contributed by atoms with E-state index < -0.39 is 24.2 Å². The Hall–Kier alpha value is -1.42. The summed E-state index contributed by atoms with van der Waals surface area (Å²) in [5.41, 5.74) is -2.51. The normalized spacial score (nSPS) is 22.1. The van der Waals surface area contributed by atoms with Crippen molar-refractivity contribution in [2.75, 3.05) is 0 Å². The smallest absolute Gasteiger partial charge is 0.362 e. The van der Waals surface area contributed by atoms with Crippen LogP contribution in [0, 0.1) is 6.92 Å². The minimum Gasteiger partial charge on any atom is -0.362 e. The summed E-state index contributed by atoms with van der Waals surface area (Å²) in [6.45, 7) is 1.85. The van der Waals surface area contributed by atoms with E-state index >= 15 is 0 Å². The van der Waals surface area contributed by atoms with Gasteiger partial charge < -0.3 is 5.11 Å². The molecule has 1 aliphatic heterocycles. The summed E-state index contributed by atoms with van der Waals surface area (Å²) < 4.78 is 40.7. The Morgan fingerprint density at radius 2 is 2.24 bits per heavy atom. The predicted octanol–water partition coefficient (Wildman–Crippen LogP) is 1.81. The molecule has 2 heterocycles. The van der Waals surface area contributed by atoms with Crippen molar-refractivity contribution in [1.29, 1.82) is 0 Å². The highest BCUT2D eigenvalue weighted by molar-refractivity contribution is 9.10. The van der Waals surface area contributed by atoms with Crippen molar-refractivity contribution in [1.82, 2.24) is 14.8 Å². The number of amides is 1. The summed E-state index contributed by atoms with van der Waals surface area (Å²) >= 11 is 3.24. The lowest BCUT2D eigenvalue weighted by Gasteiger charge is -2.32. The topological polar surface area (TPSA) is 70.7 Å². The average molecular weight is 369 g/mol. The molecule has 2 rings (SSSR count). The van der Waals surface area contributed by atoms with E-state index in [0.29, 0.717) is 0 Å². The maximum absolute atomic E-state index is 12.8. The van der Waals surface area contributed by atoms with E-state index in [9.17, 15) is 23.1 Å². The lowest BCUT2D eigenvalue weighted by molar-refractivity contribution is -0.302. The largest absolute Gasteiger partial charge is 0.438 e. The Morgan fingerprint density at radius 3 is 2.76 bits per heavy atom. The van der Waals surface area contributed by atoms with Gasteiger partial charge >= 0.3 is 6.18 Å². The first kappa shape index (κ1) is 16.0. The molecule has 0 fully saturated rings. The van der Waals surface area contributed by atoms with Crippen LogP contribution in [0.5, 0.6) is 0 Å². The number of carbonyl (C=O) groups is 1. The van der Waals surface area contributed by atoms with Crippen LogP contribution in [0.1, 0.15) is 18.5 Å². The van der Waals surface area contributed by atoms with Crippen molar-refractivity contribution in [3.63, 3.8) is 0 Å². The van der Waals surface area contributed by atoms with Crippen molar-refractivity contribution >= 4 is 28.1 Å². The number of aromatic nitrogens is 2. The third-order valence-electron chi connectivity index (χ3n) is 3.19. The number of hydrazone groups is 1. The second-order valence-electron chi connectivity index (χ2n) is 4.57. The molecule has 0 unspecified atom stereocenters. The Labute approximate surface area is 126 Å². The average Bonchev–Trinajstić information content (AvgIpc) is 2.93. The van der Waals surface area contributed by atoms with Crippen LogP contribution in [0.3, 0.4) is 0 Å². The fraction of sp³-hybridized carbons (Fsp3) is 0.545. The predicted molar refractivity (Wildman–Crippen MR) is 70.2 cm³/mol. The first-order chi connectivity index (χ1) is 9.67. The summed E-state index contributed by atoms with van der Waals surface area (Å²) in [5, 5.41) is 17.1. The number of halogens is 4. The summed E-state index contributed by atoms with van der Waals surface area (Å²) in [7, 11) is 0. The number of rotatable bonds is 3. The Morgan fingerprint density at radius 1 is 1.57 bits per heavy atom. The summed E-state index contributed by atoms with van der Waals surface area (Å²) in [6.07, 6.45) is -3.59. The minimum atomic E-state index is -4.97. The van der Waals surface area contributed by atoms with E-state index in [2.05, 4.69) is 26.1 Å². The molecule has 0 aromatic carbocycles. The van der Waals surface area contributed by atoms with Crippen LogP contribution in [0.2, 0.25) is 0 Å². The molecule has 6 nitrogen and oxygen atoms in total. The zero-order chi connectivity index (χ0) is 15.8. The molecule has 1 amide bonds. The SMILES string of the molecule is Cc1c(Br)cnn1CCC(=O)N1N=CC[C@@]1(O)C(F)(F)F. The van der Waals surface area contributed by atoms with E-state index in [0.717, 1.165) is 16.4 Å². The molecular weight excluding hydrogens is 357 g/mol. The lowest BCUT2D eigenvalue weighted by Crippen LogP contribution is -2.56. The lowest BCUT2D eigenvalue weighted by atomic mass is 10.1. The molecule has 10 heteroatoms. The van der Waals surface area contributed by atoms with E-state index in [1.807, 2.05) is 0 Å². The standard InChI is InChI=1S/C11H12BrF3N4O2/c1-7-8(12)6-17-18(7)5-2-9(20)19-10(21,3-4-16-19)11(13,14)15/h4,6,21H,2-3,5H2,1H3/t10-/m1/s1. The molecule has 0 spiro atoms. The fourth-order valence-electron chi connectivity index (χ4n) is 1.89. The minimum absolute atomic E-state index is 0.0935. The first-order valence-corrected chi connectivity index (χ1v) is 6.78. The highest BCUT2D eigenvalue weighted by Crippen LogP contribution is 2.38. The second-order valence-corrected chi connectivity index (χ2v) is 5.43.